The molecule has 0 spiro atoms. The molecule has 6 heteroatoms. The van der Waals surface area contributed by atoms with Gasteiger partial charge < -0.3 is 15.3 Å². The summed E-state index contributed by atoms with van der Waals surface area (Å²) in [6.45, 7) is 0.553. The molecule has 0 aliphatic heterocycles. The molecule has 3 aromatic rings. The molecule has 0 unspecified atom stereocenters. The summed E-state index contributed by atoms with van der Waals surface area (Å²) in [5.41, 5.74) is 2.64. The molecule has 0 aliphatic rings. The summed E-state index contributed by atoms with van der Waals surface area (Å²) in [7, 11) is 0. The van der Waals surface area contributed by atoms with E-state index in [1.54, 1.807) is 0 Å². The summed E-state index contributed by atoms with van der Waals surface area (Å²) in [5, 5.41) is 4.64. The summed E-state index contributed by atoms with van der Waals surface area (Å²) in [6.07, 6.45) is 5.67. The average Bonchev–Trinajstić information content (AvgIpc) is 3.08. The van der Waals surface area contributed by atoms with Crippen LogP contribution in [0.2, 0.25) is 5.02 Å². The van der Waals surface area contributed by atoms with Crippen molar-refractivity contribution in [1.29, 1.82) is 0 Å². The third-order valence-electron chi connectivity index (χ3n) is 3.15. The highest BCUT2D eigenvalue weighted by molar-refractivity contribution is 6.31. The van der Waals surface area contributed by atoms with Crippen LogP contribution in [-0.2, 0) is 6.42 Å². The van der Waals surface area contributed by atoms with Gasteiger partial charge in [0, 0.05) is 28.7 Å². The molecule has 0 radical (unpaired) electrons. The summed E-state index contributed by atoms with van der Waals surface area (Å²) in [5.74, 6) is -0.152. The van der Waals surface area contributed by atoms with Crippen LogP contribution in [0.25, 0.3) is 10.9 Å². The monoisotopic (exact) mass is 288 g/mol. The van der Waals surface area contributed by atoms with Gasteiger partial charge in [-0.3, -0.25) is 4.79 Å². The van der Waals surface area contributed by atoms with Gasteiger partial charge >= 0.3 is 0 Å². The lowest BCUT2D eigenvalue weighted by molar-refractivity contribution is 0.0949. The number of hydrogen-bond acceptors (Lipinski definition) is 2. The number of aromatic amines is 2. The molecule has 0 fully saturated rings. The minimum absolute atomic E-state index is 0.152. The molecule has 2 aromatic heterocycles. The molecule has 3 N–H and O–H groups in total. The normalized spacial score (nSPS) is 10.8. The van der Waals surface area contributed by atoms with Crippen LogP contribution in [0.15, 0.2) is 36.9 Å². The van der Waals surface area contributed by atoms with Gasteiger partial charge in [0.25, 0.3) is 5.91 Å². The van der Waals surface area contributed by atoms with E-state index in [1.165, 1.54) is 12.5 Å². The second kappa shape index (κ2) is 5.38. The quantitative estimate of drug-likeness (QED) is 0.690. The number of nitrogens with zero attached hydrogens (tertiary/aromatic N) is 1. The second-order valence-corrected chi connectivity index (χ2v) is 4.91. The van der Waals surface area contributed by atoms with E-state index in [1.807, 2.05) is 24.4 Å². The van der Waals surface area contributed by atoms with Gasteiger partial charge in [-0.2, -0.15) is 0 Å². The van der Waals surface area contributed by atoms with Gasteiger partial charge in [-0.25, -0.2) is 4.98 Å². The zero-order valence-corrected chi connectivity index (χ0v) is 11.4. The molecular weight excluding hydrogens is 276 g/mol. The first-order valence-electron chi connectivity index (χ1n) is 6.26. The number of amides is 1. The topological polar surface area (TPSA) is 73.6 Å². The van der Waals surface area contributed by atoms with E-state index in [0.717, 1.165) is 22.9 Å². The standard InChI is InChI=1S/C14H13ClN4O/c15-10-1-2-12-11(5-10)9(6-18-12)3-4-17-14(20)13-7-16-8-19-13/h1-2,5-8,18H,3-4H2,(H,16,19)(H,17,20). The van der Waals surface area contributed by atoms with Crippen molar-refractivity contribution in [3.63, 3.8) is 0 Å². The van der Waals surface area contributed by atoms with Crippen molar-refractivity contribution >= 4 is 28.4 Å². The highest BCUT2D eigenvalue weighted by Crippen LogP contribution is 2.22. The van der Waals surface area contributed by atoms with Crippen LogP contribution in [0, 0.1) is 0 Å². The number of fused-ring (bicyclic) bond motifs is 1. The summed E-state index contributed by atoms with van der Waals surface area (Å²) >= 11 is 6.00. The number of aromatic nitrogens is 3. The molecule has 20 heavy (non-hydrogen) atoms. The summed E-state index contributed by atoms with van der Waals surface area (Å²) in [4.78, 5) is 21.5. The Morgan fingerprint density at radius 1 is 1.35 bits per heavy atom. The lowest BCUT2D eigenvalue weighted by Crippen LogP contribution is -2.25. The highest BCUT2D eigenvalue weighted by atomic mass is 35.5. The SMILES string of the molecule is O=C(NCCc1c[nH]c2ccc(Cl)cc12)c1cnc[nH]1. The number of rotatable bonds is 4. The van der Waals surface area contributed by atoms with Crippen LogP contribution < -0.4 is 5.32 Å². The third-order valence-corrected chi connectivity index (χ3v) is 3.39. The van der Waals surface area contributed by atoms with Crippen molar-refractivity contribution in [3.05, 3.63) is 53.2 Å². The second-order valence-electron chi connectivity index (χ2n) is 4.48. The maximum Gasteiger partial charge on any atom is 0.269 e. The number of imidazole rings is 1. The molecule has 3 rings (SSSR count). The van der Waals surface area contributed by atoms with Gasteiger partial charge in [-0.15, -0.1) is 0 Å². The fourth-order valence-electron chi connectivity index (χ4n) is 2.14. The van der Waals surface area contributed by atoms with E-state index in [9.17, 15) is 4.79 Å². The van der Waals surface area contributed by atoms with Gasteiger partial charge in [-0.1, -0.05) is 11.6 Å². The molecule has 102 valence electrons. The number of H-pyrrole nitrogens is 2. The first-order valence-corrected chi connectivity index (χ1v) is 6.64. The zero-order chi connectivity index (χ0) is 13.9. The first kappa shape index (κ1) is 12.7. The molecule has 1 aromatic carbocycles. The summed E-state index contributed by atoms with van der Waals surface area (Å²) in [6, 6.07) is 5.73. The van der Waals surface area contributed by atoms with E-state index in [2.05, 4.69) is 20.3 Å². The Bertz CT molecular complexity index is 733. The number of benzene rings is 1. The lowest BCUT2D eigenvalue weighted by atomic mass is 10.1. The van der Waals surface area contributed by atoms with Crippen LogP contribution in [0.1, 0.15) is 16.1 Å². The van der Waals surface area contributed by atoms with E-state index in [4.69, 9.17) is 11.6 Å². The molecule has 1 amide bonds. The van der Waals surface area contributed by atoms with Crippen LogP contribution >= 0.6 is 11.6 Å². The summed E-state index contributed by atoms with van der Waals surface area (Å²) < 4.78 is 0. The Morgan fingerprint density at radius 3 is 3.05 bits per heavy atom. The number of hydrogen-bond donors (Lipinski definition) is 3. The van der Waals surface area contributed by atoms with E-state index >= 15 is 0 Å². The molecular formula is C14H13ClN4O. The van der Waals surface area contributed by atoms with Crippen LogP contribution in [0.5, 0.6) is 0 Å². The van der Waals surface area contributed by atoms with Crippen molar-refractivity contribution < 1.29 is 4.79 Å². The van der Waals surface area contributed by atoms with Crippen LogP contribution in [0.3, 0.4) is 0 Å². The molecule has 2 heterocycles. The van der Waals surface area contributed by atoms with Crippen molar-refractivity contribution in [3.8, 4) is 0 Å². The number of carbonyl (C=O) groups excluding carboxylic acids is 1. The smallest absolute Gasteiger partial charge is 0.269 e. The molecule has 0 saturated heterocycles. The van der Waals surface area contributed by atoms with Crippen LogP contribution in [0.4, 0.5) is 0 Å². The maximum atomic E-state index is 11.7. The van der Waals surface area contributed by atoms with Crippen molar-refractivity contribution in [1.82, 2.24) is 20.3 Å². The molecule has 5 nitrogen and oxygen atoms in total. The Labute approximate surface area is 120 Å². The van der Waals surface area contributed by atoms with Gasteiger partial charge in [0.1, 0.15) is 5.69 Å². The van der Waals surface area contributed by atoms with Gasteiger partial charge in [-0.05, 0) is 30.2 Å². The van der Waals surface area contributed by atoms with Gasteiger partial charge in [0.05, 0.1) is 12.5 Å². The Kier molecular flexibility index (Phi) is 3.43. The predicted octanol–water partition coefficient (Wildman–Crippen LogP) is 2.52. The van der Waals surface area contributed by atoms with E-state index < -0.39 is 0 Å². The number of carbonyl (C=O) groups is 1. The third kappa shape index (κ3) is 2.53. The highest BCUT2D eigenvalue weighted by Gasteiger charge is 2.07. The maximum absolute atomic E-state index is 11.7. The minimum atomic E-state index is -0.152. The van der Waals surface area contributed by atoms with Crippen molar-refractivity contribution in [2.45, 2.75) is 6.42 Å². The largest absolute Gasteiger partial charge is 0.361 e. The Morgan fingerprint density at radius 2 is 2.25 bits per heavy atom. The molecule has 0 atom stereocenters. The molecule has 0 aliphatic carbocycles. The van der Waals surface area contributed by atoms with Crippen molar-refractivity contribution in [2.24, 2.45) is 0 Å². The molecule has 0 saturated carbocycles. The van der Waals surface area contributed by atoms with Crippen LogP contribution in [-0.4, -0.2) is 27.4 Å². The fourth-order valence-corrected chi connectivity index (χ4v) is 2.32. The zero-order valence-electron chi connectivity index (χ0n) is 10.6. The van der Waals surface area contributed by atoms with Gasteiger partial charge in [0.15, 0.2) is 0 Å². The minimum Gasteiger partial charge on any atom is -0.361 e. The lowest BCUT2D eigenvalue weighted by Gasteiger charge is -2.03. The number of nitrogens with one attached hydrogen (secondary N) is 3. The van der Waals surface area contributed by atoms with E-state index in [0.29, 0.717) is 17.3 Å². The van der Waals surface area contributed by atoms with E-state index in [-0.39, 0.29) is 5.91 Å². The first-order chi connectivity index (χ1) is 9.74. The predicted molar refractivity (Wildman–Crippen MR) is 77.9 cm³/mol. The molecule has 0 bridgehead atoms. The number of halogens is 1. The fraction of sp³-hybridized carbons (Fsp3) is 0.143. The van der Waals surface area contributed by atoms with Gasteiger partial charge in [0.2, 0.25) is 0 Å². The Balaban J connectivity index is 1.65. The average molecular weight is 289 g/mol. The van der Waals surface area contributed by atoms with Crippen molar-refractivity contribution in [2.75, 3.05) is 6.54 Å². The Hall–Kier alpha value is -2.27.